The van der Waals surface area contributed by atoms with Crippen molar-refractivity contribution in [1.29, 1.82) is 0 Å². The largest absolute Gasteiger partial charge is 0.353 e. The van der Waals surface area contributed by atoms with Crippen LogP contribution >= 0.6 is 11.3 Å². The molecule has 27 heavy (non-hydrogen) atoms. The molecule has 0 aliphatic heterocycles. The lowest BCUT2D eigenvalue weighted by Gasteiger charge is -2.13. The maximum Gasteiger partial charge on any atom is 0.227 e. The molecule has 0 fully saturated rings. The van der Waals surface area contributed by atoms with E-state index < -0.39 is 0 Å². The van der Waals surface area contributed by atoms with Gasteiger partial charge in [-0.3, -0.25) is 4.79 Å². The maximum absolute atomic E-state index is 12.3. The fourth-order valence-electron chi connectivity index (χ4n) is 2.79. The molecule has 2 N–H and O–H groups in total. The Morgan fingerprint density at radius 2 is 1.93 bits per heavy atom. The van der Waals surface area contributed by atoms with E-state index >= 15 is 0 Å². The summed E-state index contributed by atoms with van der Waals surface area (Å²) in [6, 6.07) is 18.5. The molecule has 140 valence electrons. The van der Waals surface area contributed by atoms with Crippen LogP contribution in [0.5, 0.6) is 0 Å². The molecule has 0 bridgehead atoms. The van der Waals surface area contributed by atoms with Crippen molar-refractivity contribution in [2.75, 3.05) is 5.32 Å². The number of nitrogens with zero attached hydrogens (tertiary/aromatic N) is 2. The molecule has 5 nitrogen and oxygen atoms in total. The van der Waals surface area contributed by atoms with E-state index in [1.54, 1.807) is 0 Å². The number of nitrogens with one attached hydrogen (secondary N) is 2. The normalized spacial score (nSPS) is 11.8. The highest BCUT2D eigenvalue weighted by atomic mass is 32.1. The van der Waals surface area contributed by atoms with Gasteiger partial charge in [0.2, 0.25) is 11.0 Å². The van der Waals surface area contributed by atoms with E-state index in [2.05, 4.69) is 33.0 Å². The second-order valence-corrected chi connectivity index (χ2v) is 7.73. The van der Waals surface area contributed by atoms with Gasteiger partial charge in [-0.05, 0) is 49.9 Å². The third-order valence-corrected chi connectivity index (χ3v) is 5.00. The first-order valence-corrected chi connectivity index (χ1v) is 9.89. The molecule has 3 rings (SSSR count). The standard InChI is InChI=1S/C21H24N4OS/c1-15-7-6-10-18(13-15)23-21-25-24-20(27-21)14-19(26)22-16(2)11-12-17-8-4-3-5-9-17/h3-10,13,16H,11-12,14H2,1-2H3,(H,22,26)(H,23,25). The Morgan fingerprint density at radius 3 is 2.70 bits per heavy atom. The third kappa shape index (κ3) is 6.18. The molecule has 1 atom stereocenters. The Labute approximate surface area is 163 Å². The molecule has 1 unspecified atom stereocenters. The lowest BCUT2D eigenvalue weighted by atomic mass is 10.1. The zero-order valence-electron chi connectivity index (χ0n) is 15.6. The second kappa shape index (κ2) is 9.28. The van der Waals surface area contributed by atoms with Crippen molar-refractivity contribution < 1.29 is 4.79 Å². The van der Waals surface area contributed by atoms with E-state index in [1.165, 1.54) is 22.5 Å². The molecular formula is C21H24N4OS. The number of carbonyl (C=O) groups is 1. The van der Waals surface area contributed by atoms with Gasteiger partial charge in [0.05, 0.1) is 6.42 Å². The van der Waals surface area contributed by atoms with Gasteiger partial charge in [-0.25, -0.2) is 0 Å². The Morgan fingerprint density at radius 1 is 1.11 bits per heavy atom. The van der Waals surface area contributed by atoms with Crippen LogP contribution < -0.4 is 10.6 Å². The van der Waals surface area contributed by atoms with Crippen LogP contribution in [0, 0.1) is 6.92 Å². The van der Waals surface area contributed by atoms with Gasteiger partial charge < -0.3 is 10.6 Å². The van der Waals surface area contributed by atoms with Crippen LogP contribution in [0.15, 0.2) is 54.6 Å². The number of benzene rings is 2. The number of amides is 1. The van der Waals surface area contributed by atoms with Crippen LogP contribution in [0.1, 0.15) is 29.5 Å². The van der Waals surface area contributed by atoms with Gasteiger partial charge in [-0.15, -0.1) is 10.2 Å². The number of hydrogen-bond donors (Lipinski definition) is 2. The Hall–Kier alpha value is -2.73. The molecular weight excluding hydrogens is 356 g/mol. The zero-order chi connectivity index (χ0) is 19.1. The molecule has 0 radical (unpaired) electrons. The summed E-state index contributed by atoms with van der Waals surface area (Å²) >= 11 is 1.41. The highest BCUT2D eigenvalue weighted by molar-refractivity contribution is 7.15. The lowest BCUT2D eigenvalue weighted by Crippen LogP contribution is -2.34. The fraction of sp³-hybridized carbons (Fsp3) is 0.286. The summed E-state index contributed by atoms with van der Waals surface area (Å²) in [5, 5.41) is 15.9. The summed E-state index contributed by atoms with van der Waals surface area (Å²) in [4.78, 5) is 12.3. The van der Waals surface area contributed by atoms with Crippen LogP contribution in [0.4, 0.5) is 10.8 Å². The second-order valence-electron chi connectivity index (χ2n) is 6.67. The van der Waals surface area contributed by atoms with E-state index in [9.17, 15) is 4.79 Å². The smallest absolute Gasteiger partial charge is 0.227 e. The minimum atomic E-state index is -0.0196. The minimum Gasteiger partial charge on any atom is -0.353 e. The van der Waals surface area contributed by atoms with Gasteiger partial charge in [0.1, 0.15) is 5.01 Å². The van der Waals surface area contributed by atoms with Gasteiger partial charge in [-0.2, -0.15) is 0 Å². The summed E-state index contributed by atoms with van der Waals surface area (Å²) in [6.07, 6.45) is 2.11. The average Bonchev–Trinajstić information content (AvgIpc) is 3.07. The van der Waals surface area contributed by atoms with E-state index in [4.69, 9.17) is 0 Å². The van der Waals surface area contributed by atoms with E-state index in [1.807, 2.05) is 56.3 Å². The van der Waals surface area contributed by atoms with Crippen molar-refractivity contribution in [2.24, 2.45) is 0 Å². The number of rotatable bonds is 8. The van der Waals surface area contributed by atoms with Crippen LogP contribution in [0.2, 0.25) is 0 Å². The summed E-state index contributed by atoms with van der Waals surface area (Å²) in [5.74, 6) is -0.0196. The Balaban J connectivity index is 1.46. The predicted molar refractivity (Wildman–Crippen MR) is 110 cm³/mol. The van der Waals surface area contributed by atoms with Gasteiger partial charge in [0.25, 0.3) is 0 Å². The SMILES string of the molecule is Cc1cccc(Nc2nnc(CC(=O)NC(C)CCc3ccccc3)s2)c1. The summed E-state index contributed by atoms with van der Waals surface area (Å²) < 4.78 is 0. The maximum atomic E-state index is 12.3. The number of anilines is 2. The topological polar surface area (TPSA) is 66.9 Å². The van der Waals surface area contributed by atoms with Crippen molar-refractivity contribution in [3.8, 4) is 0 Å². The lowest BCUT2D eigenvalue weighted by molar-refractivity contribution is -0.121. The van der Waals surface area contributed by atoms with Gasteiger partial charge in [-0.1, -0.05) is 53.8 Å². The first kappa shape index (κ1) is 19.0. The highest BCUT2D eigenvalue weighted by Crippen LogP contribution is 2.21. The molecule has 0 aliphatic rings. The van der Waals surface area contributed by atoms with E-state index in [0.29, 0.717) is 10.1 Å². The predicted octanol–water partition coefficient (Wildman–Crippen LogP) is 4.27. The fourth-order valence-corrected chi connectivity index (χ4v) is 3.54. The molecule has 0 aliphatic carbocycles. The van der Waals surface area contributed by atoms with Crippen LogP contribution in [-0.4, -0.2) is 22.1 Å². The number of hydrogen-bond acceptors (Lipinski definition) is 5. The van der Waals surface area contributed by atoms with Crippen LogP contribution in [0.25, 0.3) is 0 Å². The van der Waals surface area contributed by atoms with Crippen molar-refractivity contribution >= 4 is 28.1 Å². The number of aryl methyl sites for hydroxylation is 2. The first-order chi connectivity index (χ1) is 13.1. The molecule has 0 saturated heterocycles. The quantitative estimate of drug-likeness (QED) is 0.612. The first-order valence-electron chi connectivity index (χ1n) is 9.08. The van der Waals surface area contributed by atoms with Crippen LogP contribution in [0.3, 0.4) is 0 Å². The van der Waals surface area contributed by atoms with Gasteiger partial charge >= 0.3 is 0 Å². The van der Waals surface area contributed by atoms with Crippen molar-refractivity contribution in [1.82, 2.24) is 15.5 Å². The minimum absolute atomic E-state index is 0.0196. The van der Waals surface area contributed by atoms with E-state index in [-0.39, 0.29) is 18.4 Å². The van der Waals surface area contributed by atoms with Gasteiger partial charge in [0.15, 0.2) is 0 Å². The van der Waals surface area contributed by atoms with Gasteiger partial charge in [0, 0.05) is 11.7 Å². The summed E-state index contributed by atoms with van der Waals surface area (Å²) in [7, 11) is 0. The molecule has 3 aromatic rings. The Kier molecular flexibility index (Phi) is 6.54. The zero-order valence-corrected chi connectivity index (χ0v) is 16.4. The van der Waals surface area contributed by atoms with Crippen molar-refractivity contribution in [2.45, 2.75) is 39.2 Å². The molecule has 0 spiro atoms. The molecule has 6 heteroatoms. The monoisotopic (exact) mass is 380 g/mol. The molecule has 1 heterocycles. The third-order valence-electron chi connectivity index (χ3n) is 4.16. The molecule has 1 aromatic heterocycles. The highest BCUT2D eigenvalue weighted by Gasteiger charge is 2.12. The van der Waals surface area contributed by atoms with E-state index in [0.717, 1.165) is 18.5 Å². The van der Waals surface area contributed by atoms with Crippen molar-refractivity contribution in [3.63, 3.8) is 0 Å². The Bertz CT molecular complexity index is 879. The summed E-state index contributed by atoms with van der Waals surface area (Å²) in [5.41, 5.74) is 3.43. The molecule has 2 aromatic carbocycles. The average molecular weight is 381 g/mol. The number of carbonyl (C=O) groups excluding carboxylic acids is 1. The van der Waals surface area contributed by atoms with Crippen LogP contribution in [-0.2, 0) is 17.6 Å². The molecule has 1 amide bonds. The molecule has 0 saturated carbocycles. The van der Waals surface area contributed by atoms with Crippen molar-refractivity contribution in [3.05, 3.63) is 70.7 Å². The number of aromatic nitrogens is 2. The summed E-state index contributed by atoms with van der Waals surface area (Å²) in [6.45, 7) is 4.08.